The van der Waals surface area contributed by atoms with Crippen LogP contribution in [0.1, 0.15) is 30.6 Å². The van der Waals surface area contributed by atoms with Gasteiger partial charge in [0.05, 0.1) is 11.3 Å². The first-order valence-corrected chi connectivity index (χ1v) is 11.1. The summed E-state index contributed by atoms with van der Waals surface area (Å²) in [6, 6.07) is 13.6. The van der Waals surface area contributed by atoms with Gasteiger partial charge in [0.2, 0.25) is 0 Å². The summed E-state index contributed by atoms with van der Waals surface area (Å²) in [6.45, 7) is 1.85. The molecule has 2 unspecified atom stereocenters. The highest BCUT2D eigenvalue weighted by molar-refractivity contribution is 7.86. The Bertz CT molecular complexity index is 1240. The third kappa shape index (κ3) is 4.22. The highest BCUT2D eigenvalue weighted by Crippen LogP contribution is 2.35. The summed E-state index contributed by atoms with van der Waals surface area (Å²) in [6.07, 6.45) is 2.25. The molecule has 2 heterocycles. The van der Waals surface area contributed by atoms with E-state index in [4.69, 9.17) is 0 Å². The predicted molar refractivity (Wildman–Crippen MR) is 119 cm³/mol. The summed E-state index contributed by atoms with van der Waals surface area (Å²) in [5.74, 6) is -1.54. The minimum atomic E-state index is -1.58. The van der Waals surface area contributed by atoms with Crippen LogP contribution in [0.4, 0.5) is 14.5 Å². The van der Waals surface area contributed by atoms with E-state index in [0.29, 0.717) is 28.8 Å². The molecule has 8 heteroatoms. The second-order valence-electron chi connectivity index (χ2n) is 7.11. The van der Waals surface area contributed by atoms with Gasteiger partial charge in [-0.1, -0.05) is 37.3 Å². The van der Waals surface area contributed by atoms with E-state index < -0.39 is 34.3 Å². The number of pyridine rings is 1. The van der Waals surface area contributed by atoms with Crippen molar-refractivity contribution in [3.05, 3.63) is 83.7 Å². The first kappa shape index (κ1) is 21.1. The molecule has 2 aromatic heterocycles. The maximum absolute atomic E-state index is 15.1. The quantitative estimate of drug-likeness (QED) is 0.374. The molecule has 0 amide bonds. The molecular weight excluding hydrogens is 420 g/mol. The van der Waals surface area contributed by atoms with Crippen molar-refractivity contribution in [1.29, 1.82) is 0 Å². The van der Waals surface area contributed by atoms with Gasteiger partial charge in [0.15, 0.2) is 5.82 Å². The maximum atomic E-state index is 15.1. The van der Waals surface area contributed by atoms with Crippen LogP contribution in [0.5, 0.6) is 0 Å². The lowest BCUT2D eigenvalue weighted by atomic mass is 9.98. The van der Waals surface area contributed by atoms with E-state index in [2.05, 4.69) is 14.7 Å². The average molecular weight is 442 g/mol. The number of anilines is 1. The number of aromatic nitrogens is 2. The van der Waals surface area contributed by atoms with E-state index in [-0.39, 0.29) is 5.69 Å². The Hall–Kier alpha value is -3.10. The van der Waals surface area contributed by atoms with Crippen LogP contribution in [0.25, 0.3) is 22.2 Å². The van der Waals surface area contributed by atoms with Crippen LogP contribution < -0.4 is 4.72 Å². The fourth-order valence-electron chi connectivity index (χ4n) is 3.45. The molecule has 160 valence electrons. The van der Waals surface area contributed by atoms with Crippen LogP contribution in [0.3, 0.4) is 0 Å². The number of hydrogen-bond acceptors (Lipinski definition) is 3. The maximum Gasteiger partial charge on any atom is 0.156 e. The number of aromatic amines is 1. The minimum absolute atomic E-state index is 0.120. The summed E-state index contributed by atoms with van der Waals surface area (Å²) in [5, 5.41) is 11.5. The summed E-state index contributed by atoms with van der Waals surface area (Å²) in [5.41, 5.74) is 1.90. The molecule has 2 atom stereocenters. The first-order chi connectivity index (χ1) is 15.0. The number of nitrogens with one attached hydrogen (secondary N) is 2. The monoisotopic (exact) mass is 441 g/mol. The van der Waals surface area contributed by atoms with Gasteiger partial charge >= 0.3 is 0 Å². The number of fused-ring (bicyclic) bond motifs is 1. The Morgan fingerprint density at radius 3 is 2.68 bits per heavy atom. The zero-order valence-corrected chi connectivity index (χ0v) is 17.5. The van der Waals surface area contributed by atoms with Crippen molar-refractivity contribution < 1.29 is 18.1 Å². The summed E-state index contributed by atoms with van der Waals surface area (Å²) in [7, 11) is -1.50. The van der Waals surface area contributed by atoms with Crippen molar-refractivity contribution in [2.24, 2.45) is 0 Å². The second kappa shape index (κ2) is 8.95. The third-order valence-electron chi connectivity index (χ3n) is 4.98. The molecule has 0 aliphatic rings. The van der Waals surface area contributed by atoms with Crippen LogP contribution >= 0.6 is 0 Å². The molecule has 0 fully saturated rings. The number of H-pyrrole nitrogens is 1. The van der Waals surface area contributed by atoms with Crippen molar-refractivity contribution in [3.63, 3.8) is 0 Å². The van der Waals surface area contributed by atoms with E-state index in [0.717, 1.165) is 17.2 Å². The van der Waals surface area contributed by atoms with E-state index in [1.165, 1.54) is 12.3 Å². The molecule has 0 bridgehead atoms. The SMILES string of the molecule is CCCS(=O)Nc1ccc(F)c(C(O)c2c[nH]c3ncc(-c4ccccc4)cc23)c1F. The van der Waals surface area contributed by atoms with Gasteiger partial charge in [-0.3, -0.25) is 0 Å². The predicted octanol–water partition coefficient (Wildman–Crippen LogP) is 5.08. The minimum Gasteiger partial charge on any atom is -0.383 e. The fraction of sp³-hybridized carbons (Fsp3) is 0.174. The molecule has 0 aliphatic heterocycles. The van der Waals surface area contributed by atoms with E-state index in [9.17, 15) is 13.7 Å². The molecule has 4 rings (SSSR count). The molecule has 31 heavy (non-hydrogen) atoms. The summed E-state index contributed by atoms with van der Waals surface area (Å²) >= 11 is 0. The van der Waals surface area contributed by atoms with Gasteiger partial charge in [-0.25, -0.2) is 18.0 Å². The highest BCUT2D eigenvalue weighted by atomic mass is 32.2. The zero-order valence-electron chi connectivity index (χ0n) is 16.7. The Labute approximate surface area is 180 Å². The van der Waals surface area contributed by atoms with Crippen molar-refractivity contribution in [1.82, 2.24) is 9.97 Å². The smallest absolute Gasteiger partial charge is 0.156 e. The number of aliphatic hydroxyl groups excluding tert-OH is 1. The second-order valence-corrected chi connectivity index (χ2v) is 8.41. The number of aliphatic hydroxyl groups is 1. The largest absolute Gasteiger partial charge is 0.383 e. The number of benzene rings is 2. The topological polar surface area (TPSA) is 78.0 Å². The standard InChI is InChI=1S/C23H21F2N3O2S/c1-2-10-31(30)28-19-9-8-18(24)20(21(19)25)22(29)17-13-27-23-16(17)11-15(12-26-23)14-6-4-3-5-7-14/h3-9,11-13,22,28-29H,2,10H2,1H3,(H,26,27). The van der Waals surface area contributed by atoms with E-state index in [1.807, 2.05) is 43.3 Å². The van der Waals surface area contributed by atoms with Gasteiger partial charge in [0.1, 0.15) is 28.6 Å². The average Bonchev–Trinajstić information content (AvgIpc) is 3.20. The fourth-order valence-corrected chi connectivity index (χ4v) is 4.33. The van der Waals surface area contributed by atoms with Crippen molar-refractivity contribution in [2.45, 2.75) is 19.4 Å². The molecule has 0 radical (unpaired) electrons. The summed E-state index contributed by atoms with van der Waals surface area (Å²) < 4.78 is 44.2. The molecule has 0 saturated carbocycles. The van der Waals surface area contributed by atoms with Gasteiger partial charge in [0, 0.05) is 34.7 Å². The third-order valence-corrected chi connectivity index (χ3v) is 6.20. The van der Waals surface area contributed by atoms with E-state index in [1.54, 1.807) is 6.20 Å². The number of halogens is 2. The molecule has 3 N–H and O–H groups in total. The molecule has 4 aromatic rings. The Morgan fingerprint density at radius 2 is 1.94 bits per heavy atom. The molecule has 0 saturated heterocycles. The van der Waals surface area contributed by atoms with Gasteiger partial charge in [-0.2, -0.15) is 0 Å². The number of hydrogen-bond donors (Lipinski definition) is 3. The summed E-state index contributed by atoms with van der Waals surface area (Å²) in [4.78, 5) is 7.31. The van der Waals surface area contributed by atoms with Crippen molar-refractivity contribution in [3.8, 4) is 11.1 Å². The van der Waals surface area contributed by atoms with Gasteiger partial charge < -0.3 is 14.8 Å². The highest BCUT2D eigenvalue weighted by Gasteiger charge is 2.25. The molecular formula is C23H21F2N3O2S. The van der Waals surface area contributed by atoms with Crippen molar-refractivity contribution in [2.75, 3.05) is 10.5 Å². The molecule has 5 nitrogen and oxygen atoms in total. The van der Waals surface area contributed by atoms with E-state index >= 15 is 4.39 Å². The normalized spacial score (nSPS) is 13.3. The Morgan fingerprint density at radius 1 is 1.16 bits per heavy atom. The van der Waals surface area contributed by atoms with Crippen molar-refractivity contribution >= 4 is 27.7 Å². The lowest BCUT2D eigenvalue weighted by Crippen LogP contribution is -2.12. The molecule has 0 aliphatic carbocycles. The number of rotatable bonds is 7. The molecule has 0 spiro atoms. The molecule has 2 aromatic carbocycles. The van der Waals surface area contributed by atoms with Gasteiger partial charge in [-0.05, 0) is 30.2 Å². The Balaban J connectivity index is 1.76. The van der Waals surface area contributed by atoms with Crippen LogP contribution in [-0.2, 0) is 11.0 Å². The lowest BCUT2D eigenvalue weighted by molar-refractivity contribution is 0.211. The Kier molecular flexibility index (Phi) is 6.11. The van der Waals surface area contributed by atoms with Crippen LogP contribution in [0.15, 0.2) is 60.9 Å². The van der Waals surface area contributed by atoms with Crippen LogP contribution in [0.2, 0.25) is 0 Å². The lowest BCUT2D eigenvalue weighted by Gasteiger charge is -2.16. The van der Waals surface area contributed by atoms with Crippen LogP contribution in [-0.4, -0.2) is 25.0 Å². The number of nitrogens with zero attached hydrogens (tertiary/aromatic N) is 1. The van der Waals surface area contributed by atoms with Crippen LogP contribution in [0, 0.1) is 11.6 Å². The zero-order chi connectivity index (χ0) is 22.0. The van der Waals surface area contributed by atoms with Gasteiger partial charge in [-0.15, -0.1) is 0 Å². The van der Waals surface area contributed by atoms with Gasteiger partial charge in [0.25, 0.3) is 0 Å². The first-order valence-electron chi connectivity index (χ1n) is 9.83.